The van der Waals surface area contributed by atoms with Crippen LogP contribution in [0.15, 0.2) is 40.1 Å². The summed E-state index contributed by atoms with van der Waals surface area (Å²) in [5, 5.41) is -0.980. The summed E-state index contributed by atoms with van der Waals surface area (Å²) in [5.41, 5.74) is -1.82. The lowest BCUT2D eigenvalue weighted by Gasteiger charge is -2.04. The molecule has 0 aliphatic heterocycles. The van der Waals surface area contributed by atoms with Crippen molar-refractivity contribution in [2.45, 2.75) is 0 Å². The van der Waals surface area contributed by atoms with E-state index in [-0.39, 0.29) is 11.3 Å². The zero-order chi connectivity index (χ0) is 13.3. The number of nitrogens with one attached hydrogen (secondary N) is 1. The first kappa shape index (κ1) is 12.3. The molecular weight excluding hydrogens is 263 g/mol. The molecule has 0 unspecified atom stereocenters. The van der Waals surface area contributed by atoms with E-state index in [1.807, 2.05) is 0 Å². The normalized spacial score (nSPS) is 10.3. The third-order valence-electron chi connectivity index (χ3n) is 2.27. The fraction of sp³-hybridized carbons (Fsp3) is 0. The molecule has 0 amide bonds. The van der Waals surface area contributed by atoms with Crippen molar-refractivity contribution >= 4 is 16.8 Å². The van der Waals surface area contributed by atoms with E-state index in [4.69, 9.17) is 11.6 Å². The van der Waals surface area contributed by atoms with Crippen molar-refractivity contribution in [1.82, 2.24) is 9.55 Å². The quantitative estimate of drug-likeness (QED) is 0.828. The highest BCUT2D eigenvalue weighted by molar-refractivity contribution is 6.67. The first-order valence-corrected chi connectivity index (χ1v) is 5.19. The van der Waals surface area contributed by atoms with Crippen LogP contribution in [0.3, 0.4) is 0 Å². The van der Waals surface area contributed by atoms with E-state index in [2.05, 4.69) is 4.98 Å². The van der Waals surface area contributed by atoms with Crippen LogP contribution in [0.2, 0.25) is 0 Å². The molecule has 2 rings (SSSR count). The summed E-state index contributed by atoms with van der Waals surface area (Å²) in [6.07, 6.45) is 0.944. The van der Waals surface area contributed by atoms with Crippen LogP contribution in [0.4, 0.5) is 4.39 Å². The smallest absolute Gasteiger partial charge is 0.313 e. The molecule has 0 saturated heterocycles. The second-order valence-electron chi connectivity index (χ2n) is 3.40. The highest BCUT2D eigenvalue weighted by Gasteiger charge is 2.13. The first-order chi connectivity index (χ1) is 8.50. The highest BCUT2D eigenvalue weighted by atomic mass is 35.5. The molecule has 1 aromatic carbocycles. The Hall–Kier alpha value is -2.21. The van der Waals surface area contributed by atoms with Gasteiger partial charge in [-0.25, -0.2) is 13.8 Å². The lowest BCUT2D eigenvalue weighted by molar-refractivity contribution is 0.107. The minimum absolute atomic E-state index is 0.141. The summed E-state index contributed by atoms with van der Waals surface area (Å²) in [4.78, 5) is 36.6. The molecule has 2 aromatic rings. The molecule has 7 heteroatoms. The third kappa shape index (κ3) is 2.10. The maximum Gasteiger partial charge on any atom is 0.333 e. The number of benzene rings is 1. The van der Waals surface area contributed by atoms with Gasteiger partial charge in [-0.3, -0.25) is 9.59 Å². The summed E-state index contributed by atoms with van der Waals surface area (Å²) in [6, 6.07) is 4.68. The zero-order valence-electron chi connectivity index (χ0n) is 8.81. The number of carbonyl (C=O) groups is 1. The average Bonchev–Trinajstić information content (AvgIpc) is 2.31. The van der Waals surface area contributed by atoms with Crippen molar-refractivity contribution in [2.24, 2.45) is 0 Å². The molecule has 0 radical (unpaired) electrons. The number of rotatable bonds is 2. The molecule has 0 atom stereocenters. The van der Waals surface area contributed by atoms with E-state index in [9.17, 15) is 18.8 Å². The molecule has 0 fully saturated rings. The molecule has 0 aliphatic carbocycles. The largest absolute Gasteiger partial charge is 0.333 e. The SMILES string of the molecule is O=C(Cl)c1c[nH]c(=O)n(-c2ccc(F)cc2)c1=O. The molecular formula is C11H6ClFN2O3. The van der Waals surface area contributed by atoms with Gasteiger partial charge in [0.05, 0.1) is 5.69 Å². The van der Waals surface area contributed by atoms with Crippen LogP contribution in [0.1, 0.15) is 10.4 Å². The van der Waals surface area contributed by atoms with E-state index in [1.54, 1.807) is 0 Å². The van der Waals surface area contributed by atoms with Crippen molar-refractivity contribution in [1.29, 1.82) is 0 Å². The Balaban J connectivity index is 2.75. The average molecular weight is 269 g/mol. The Kier molecular flexibility index (Phi) is 3.12. The second kappa shape index (κ2) is 4.58. The summed E-state index contributed by atoms with van der Waals surface area (Å²) in [7, 11) is 0. The minimum Gasteiger partial charge on any atom is -0.313 e. The van der Waals surface area contributed by atoms with Crippen LogP contribution >= 0.6 is 11.6 Å². The Morgan fingerprint density at radius 3 is 2.39 bits per heavy atom. The number of hydrogen-bond donors (Lipinski definition) is 1. The van der Waals surface area contributed by atoms with E-state index in [0.717, 1.165) is 18.3 Å². The van der Waals surface area contributed by atoms with Crippen molar-refractivity contribution in [3.8, 4) is 5.69 Å². The van der Waals surface area contributed by atoms with Gasteiger partial charge >= 0.3 is 5.69 Å². The number of nitrogens with zero attached hydrogens (tertiary/aromatic N) is 1. The van der Waals surface area contributed by atoms with Gasteiger partial charge in [0.2, 0.25) is 0 Å². The van der Waals surface area contributed by atoms with Gasteiger partial charge in [0.25, 0.3) is 10.8 Å². The van der Waals surface area contributed by atoms with Crippen molar-refractivity contribution < 1.29 is 9.18 Å². The lowest BCUT2D eigenvalue weighted by atomic mass is 10.3. The van der Waals surface area contributed by atoms with E-state index >= 15 is 0 Å². The summed E-state index contributed by atoms with van der Waals surface area (Å²) >= 11 is 5.21. The molecule has 0 aliphatic rings. The summed E-state index contributed by atoms with van der Waals surface area (Å²) in [6.45, 7) is 0. The first-order valence-electron chi connectivity index (χ1n) is 4.81. The Bertz CT molecular complexity index is 718. The maximum atomic E-state index is 12.8. The van der Waals surface area contributed by atoms with Crippen LogP contribution in [0.5, 0.6) is 0 Å². The van der Waals surface area contributed by atoms with Crippen LogP contribution in [0, 0.1) is 5.82 Å². The lowest BCUT2D eigenvalue weighted by Crippen LogP contribution is -2.36. The van der Waals surface area contributed by atoms with Crippen LogP contribution < -0.4 is 11.2 Å². The van der Waals surface area contributed by atoms with Crippen LogP contribution in [0.25, 0.3) is 5.69 Å². The van der Waals surface area contributed by atoms with Gasteiger partial charge in [0.15, 0.2) is 0 Å². The molecule has 1 N–H and O–H groups in total. The van der Waals surface area contributed by atoms with Gasteiger partial charge in [0.1, 0.15) is 11.4 Å². The standard InChI is InChI=1S/C11H6ClFN2O3/c12-9(16)8-5-14-11(18)15(10(8)17)7-3-1-6(13)2-4-7/h1-5H,(H,14,18). The van der Waals surface area contributed by atoms with E-state index in [0.29, 0.717) is 4.57 Å². The van der Waals surface area contributed by atoms with Gasteiger partial charge in [-0.15, -0.1) is 0 Å². The van der Waals surface area contributed by atoms with E-state index < -0.39 is 22.3 Å². The molecule has 0 spiro atoms. The van der Waals surface area contributed by atoms with Gasteiger partial charge in [-0.2, -0.15) is 0 Å². The second-order valence-corrected chi connectivity index (χ2v) is 3.74. The fourth-order valence-electron chi connectivity index (χ4n) is 1.44. The number of hydrogen-bond acceptors (Lipinski definition) is 3. The highest BCUT2D eigenvalue weighted by Crippen LogP contribution is 2.05. The molecule has 1 aromatic heterocycles. The predicted octanol–water partition coefficient (Wildman–Crippen LogP) is 1.04. The number of aromatic amines is 1. The molecule has 1 heterocycles. The number of aromatic nitrogens is 2. The molecule has 5 nitrogen and oxygen atoms in total. The van der Waals surface area contributed by atoms with Gasteiger partial charge in [-0.05, 0) is 35.9 Å². The van der Waals surface area contributed by atoms with Crippen LogP contribution in [-0.4, -0.2) is 14.8 Å². The molecule has 18 heavy (non-hydrogen) atoms. The molecule has 92 valence electrons. The zero-order valence-corrected chi connectivity index (χ0v) is 9.57. The van der Waals surface area contributed by atoms with E-state index in [1.165, 1.54) is 12.1 Å². The molecule has 0 bridgehead atoms. The Labute approximate surface area is 104 Å². The fourth-order valence-corrected chi connectivity index (χ4v) is 1.57. The van der Waals surface area contributed by atoms with Gasteiger partial charge in [-0.1, -0.05) is 0 Å². The van der Waals surface area contributed by atoms with Crippen LogP contribution in [-0.2, 0) is 0 Å². The maximum absolute atomic E-state index is 12.8. The predicted molar refractivity (Wildman–Crippen MR) is 62.8 cm³/mol. The number of H-pyrrole nitrogens is 1. The minimum atomic E-state index is -0.980. The van der Waals surface area contributed by atoms with Gasteiger partial charge < -0.3 is 4.98 Å². The summed E-state index contributed by atoms with van der Waals surface area (Å²) < 4.78 is 13.5. The Morgan fingerprint density at radius 1 is 1.22 bits per heavy atom. The molecule has 0 saturated carbocycles. The summed E-state index contributed by atoms with van der Waals surface area (Å²) in [5.74, 6) is -0.507. The topological polar surface area (TPSA) is 71.9 Å². The van der Waals surface area contributed by atoms with Crippen molar-refractivity contribution in [2.75, 3.05) is 0 Å². The van der Waals surface area contributed by atoms with Crippen molar-refractivity contribution in [3.63, 3.8) is 0 Å². The third-order valence-corrected chi connectivity index (χ3v) is 2.48. The van der Waals surface area contributed by atoms with Crippen molar-refractivity contribution in [3.05, 3.63) is 62.7 Å². The number of carbonyl (C=O) groups excluding carboxylic acids is 1. The monoisotopic (exact) mass is 268 g/mol. The Morgan fingerprint density at radius 2 is 1.83 bits per heavy atom. The van der Waals surface area contributed by atoms with Gasteiger partial charge in [0, 0.05) is 6.20 Å². The number of halogens is 2.